The van der Waals surface area contributed by atoms with E-state index >= 15 is 0 Å². The minimum atomic E-state index is -0.0203. The number of ether oxygens (including phenoxy) is 1. The van der Waals surface area contributed by atoms with Crippen LogP contribution in [0.1, 0.15) is 48.1 Å². The van der Waals surface area contributed by atoms with E-state index in [0.29, 0.717) is 17.7 Å². The van der Waals surface area contributed by atoms with E-state index < -0.39 is 0 Å². The number of nitrogens with one attached hydrogen (secondary N) is 1. The van der Waals surface area contributed by atoms with Crippen molar-refractivity contribution in [3.63, 3.8) is 0 Å². The summed E-state index contributed by atoms with van der Waals surface area (Å²) in [6.45, 7) is 6.94. The normalized spacial score (nSPS) is 23.3. The molecular weight excluding hydrogens is 310 g/mol. The summed E-state index contributed by atoms with van der Waals surface area (Å²) in [4.78, 5) is 19.2. The monoisotopic (exact) mass is 337 g/mol. The third-order valence-electron chi connectivity index (χ3n) is 4.82. The molecule has 0 aromatic carbocycles. The van der Waals surface area contributed by atoms with Crippen LogP contribution in [0, 0.1) is 5.92 Å². The molecule has 1 N–H and O–H groups in total. The van der Waals surface area contributed by atoms with Crippen LogP contribution in [0.15, 0.2) is 5.38 Å². The van der Waals surface area contributed by atoms with Crippen LogP contribution in [-0.4, -0.2) is 54.7 Å². The molecule has 23 heavy (non-hydrogen) atoms. The Morgan fingerprint density at radius 3 is 3.04 bits per heavy atom. The Kier molecular flexibility index (Phi) is 6.02. The fourth-order valence-electron chi connectivity index (χ4n) is 3.48. The van der Waals surface area contributed by atoms with Crippen molar-refractivity contribution in [2.24, 2.45) is 5.92 Å². The van der Waals surface area contributed by atoms with E-state index in [1.165, 1.54) is 6.42 Å². The molecule has 0 bridgehead atoms. The van der Waals surface area contributed by atoms with E-state index in [2.05, 4.69) is 22.1 Å². The summed E-state index contributed by atoms with van der Waals surface area (Å²) in [6.07, 6.45) is 5.51. The van der Waals surface area contributed by atoms with E-state index in [1.807, 2.05) is 5.38 Å². The van der Waals surface area contributed by atoms with Crippen LogP contribution < -0.4 is 5.32 Å². The van der Waals surface area contributed by atoms with Gasteiger partial charge in [-0.15, -0.1) is 11.3 Å². The Balaban J connectivity index is 1.42. The zero-order chi connectivity index (χ0) is 16.1. The molecule has 2 aliphatic heterocycles. The number of amides is 1. The Bertz CT molecular complexity index is 514. The smallest absolute Gasteiger partial charge is 0.270 e. The summed E-state index contributed by atoms with van der Waals surface area (Å²) >= 11 is 1.59. The second-order valence-electron chi connectivity index (χ2n) is 6.58. The summed E-state index contributed by atoms with van der Waals surface area (Å²) in [6, 6.07) is 0.680. The first-order valence-corrected chi connectivity index (χ1v) is 9.68. The van der Waals surface area contributed by atoms with Gasteiger partial charge in [-0.1, -0.05) is 6.92 Å². The number of nitrogens with zero attached hydrogens (tertiary/aromatic N) is 2. The molecule has 0 spiro atoms. The van der Waals surface area contributed by atoms with Crippen molar-refractivity contribution in [1.82, 2.24) is 15.2 Å². The molecule has 3 rings (SSSR count). The van der Waals surface area contributed by atoms with Gasteiger partial charge in [-0.25, -0.2) is 4.98 Å². The van der Waals surface area contributed by atoms with Gasteiger partial charge in [0.1, 0.15) is 5.69 Å². The number of thiazole rings is 1. The molecule has 1 aromatic heterocycles. The maximum Gasteiger partial charge on any atom is 0.270 e. The van der Waals surface area contributed by atoms with Gasteiger partial charge in [0, 0.05) is 37.7 Å². The number of likely N-dealkylation sites (tertiary alicyclic amines) is 1. The summed E-state index contributed by atoms with van der Waals surface area (Å²) in [7, 11) is 0. The Labute approximate surface area is 142 Å². The van der Waals surface area contributed by atoms with Crippen LogP contribution >= 0.6 is 11.3 Å². The molecule has 0 aliphatic carbocycles. The molecule has 5 nitrogen and oxygen atoms in total. The average molecular weight is 337 g/mol. The quantitative estimate of drug-likeness (QED) is 0.866. The SMILES string of the molecule is CCCc1nc(C(=O)NC[C@H]2CCN(C3CCOCC3)C2)cs1. The van der Waals surface area contributed by atoms with E-state index in [-0.39, 0.29) is 5.91 Å². The first kappa shape index (κ1) is 16.9. The molecule has 3 heterocycles. The lowest BCUT2D eigenvalue weighted by Crippen LogP contribution is -2.39. The first-order valence-electron chi connectivity index (χ1n) is 8.80. The van der Waals surface area contributed by atoms with Gasteiger partial charge in [0.05, 0.1) is 5.01 Å². The zero-order valence-electron chi connectivity index (χ0n) is 13.9. The molecule has 2 saturated heterocycles. The topological polar surface area (TPSA) is 54.5 Å². The van der Waals surface area contributed by atoms with Gasteiger partial charge in [0.2, 0.25) is 0 Å². The van der Waals surface area contributed by atoms with Crippen molar-refractivity contribution >= 4 is 17.2 Å². The maximum absolute atomic E-state index is 12.2. The molecular formula is C17H27N3O2S. The fraction of sp³-hybridized carbons (Fsp3) is 0.765. The maximum atomic E-state index is 12.2. The highest BCUT2D eigenvalue weighted by molar-refractivity contribution is 7.09. The summed E-state index contributed by atoms with van der Waals surface area (Å²) in [5, 5.41) is 6.01. The van der Waals surface area contributed by atoms with Crippen LogP contribution in [0.3, 0.4) is 0 Å². The number of aryl methyl sites for hydroxylation is 1. The Morgan fingerprint density at radius 1 is 1.43 bits per heavy atom. The Morgan fingerprint density at radius 2 is 2.26 bits per heavy atom. The summed E-state index contributed by atoms with van der Waals surface area (Å²) in [5.41, 5.74) is 0.581. The molecule has 1 amide bonds. The highest BCUT2D eigenvalue weighted by atomic mass is 32.1. The lowest BCUT2D eigenvalue weighted by molar-refractivity contribution is 0.0411. The van der Waals surface area contributed by atoms with Crippen molar-refractivity contribution in [2.45, 2.75) is 45.1 Å². The molecule has 0 radical (unpaired) electrons. The minimum Gasteiger partial charge on any atom is -0.381 e. The number of hydrogen-bond donors (Lipinski definition) is 1. The van der Waals surface area contributed by atoms with Gasteiger partial charge in [0.15, 0.2) is 0 Å². The van der Waals surface area contributed by atoms with Crippen molar-refractivity contribution in [2.75, 3.05) is 32.8 Å². The van der Waals surface area contributed by atoms with Gasteiger partial charge in [0.25, 0.3) is 5.91 Å². The van der Waals surface area contributed by atoms with Gasteiger partial charge in [-0.2, -0.15) is 0 Å². The standard InChI is InChI=1S/C17H27N3O2S/c1-2-3-16-19-15(12-23-16)17(21)18-10-13-4-7-20(11-13)14-5-8-22-9-6-14/h12-14H,2-11H2,1H3,(H,18,21)/t13-/m1/s1. The lowest BCUT2D eigenvalue weighted by atomic mass is 10.1. The molecule has 6 heteroatoms. The van der Waals surface area contributed by atoms with Gasteiger partial charge in [-0.3, -0.25) is 9.69 Å². The number of carbonyl (C=O) groups is 1. The molecule has 0 unspecified atom stereocenters. The second kappa shape index (κ2) is 8.22. The predicted molar refractivity (Wildman–Crippen MR) is 92.0 cm³/mol. The molecule has 2 fully saturated rings. The summed E-state index contributed by atoms with van der Waals surface area (Å²) < 4.78 is 5.44. The number of carbonyl (C=O) groups excluding carboxylic acids is 1. The fourth-order valence-corrected chi connectivity index (χ4v) is 4.36. The van der Waals surface area contributed by atoms with E-state index in [9.17, 15) is 4.79 Å². The highest BCUT2D eigenvalue weighted by Gasteiger charge is 2.29. The molecule has 0 saturated carbocycles. The van der Waals surface area contributed by atoms with Gasteiger partial charge >= 0.3 is 0 Å². The van der Waals surface area contributed by atoms with Crippen LogP contribution in [0.25, 0.3) is 0 Å². The van der Waals surface area contributed by atoms with Crippen LogP contribution in [0.5, 0.6) is 0 Å². The van der Waals surface area contributed by atoms with E-state index in [4.69, 9.17) is 4.74 Å². The van der Waals surface area contributed by atoms with Crippen molar-refractivity contribution < 1.29 is 9.53 Å². The van der Waals surface area contributed by atoms with E-state index in [0.717, 1.165) is 63.5 Å². The number of hydrogen-bond acceptors (Lipinski definition) is 5. The summed E-state index contributed by atoms with van der Waals surface area (Å²) in [5.74, 6) is 0.545. The third kappa shape index (κ3) is 4.52. The van der Waals surface area contributed by atoms with Gasteiger partial charge < -0.3 is 10.1 Å². The van der Waals surface area contributed by atoms with Crippen LogP contribution in [0.4, 0.5) is 0 Å². The first-order chi connectivity index (χ1) is 11.3. The lowest BCUT2D eigenvalue weighted by Gasteiger charge is -2.31. The highest BCUT2D eigenvalue weighted by Crippen LogP contribution is 2.23. The molecule has 1 aromatic rings. The van der Waals surface area contributed by atoms with Gasteiger partial charge in [-0.05, 0) is 44.6 Å². The van der Waals surface area contributed by atoms with Crippen molar-refractivity contribution in [3.8, 4) is 0 Å². The Hall–Kier alpha value is -0.980. The number of rotatable bonds is 6. The second-order valence-corrected chi connectivity index (χ2v) is 7.52. The molecule has 2 aliphatic rings. The van der Waals surface area contributed by atoms with Crippen molar-refractivity contribution in [3.05, 3.63) is 16.1 Å². The predicted octanol–water partition coefficient (Wildman–Crippen LogP) is 2.33. The van der Waals surface area contributed by atoms with Crippen LogP contribution in [-0.2, 0) is 11.2 Å². The van der Waals surface area contributed by atoms with E-state index in [1.54, 1.807) is 11.3 Å². The zero-order valence-corrected chi connectivity index (χ0v) is 14.7. The molecule has 128 valence electrons. The third-order valence-corrected chi connectivity index (χ3v) is 5.73. The van der Waals surface area contributed by atoms with Crippen LogP contribution in [0.2, 0.25) is 0 Å². The average Bonchev–Trinajstić information content (AvgIpc) is 3.23. The largest absolute Gasteiger partial charge is 0.381 e. The number of aromatic nitrogens is 1. The van der Waals surface area contributed by atoms with Crippen molar-refractivity contribution in [1.29, 1.82) is 0 Å². The molecule has 1 atom stereocenters. The minimum absolute atomic E-state index is 0.0203.